The highest BCUT2D eigenvalue weighted by Crippen LogP contribution is 2.35. The lowest BCUT2D eigenvalue weighted by molar-refractivity contribution is -0.140. The lowest BCUT2D eigenvalue weighted by Gasteiger charge is -2.08. The number of phenols is 1. The molecule has 0 bridgehead atoms. The van der Waals surface area contributed by atoms with Crippen molar-refractivity contribution in [2.75, 3.05) is 7.11 Å². The number of methoxy groups -OCH3 is 1. The molecule has 0 atom stereocenters. The third-order valence-electron chi connectivity index (χ3n) is 2.00. The number of alkyl halides is 3. The molecule has 0 aliphatic rings. The number of phenolic OH excluding ortho intramolecular Hbond substituents is 1. The average molecular weight is 258 g/mol. The molecule has 6 heteroatoms. The third-order valence-corrected chi connectivity index (χ3v) is 2.00. The second-order valence-electron chi connectivity index (χ2n) is 3.28. The topological polar surface area (TPSA) is 46.5 Å². The van der Waals surface area contributed by atoms with E-state index >= 15 is 0 Å². The minimum absolute atomic E-state index is 0.0593. The number of hydrogen-bond donors (Lipinski definition) is 1. The van der Waals surface area contributed by atoms with E-state index in [9.17, 15) is 18.0 Å². The maximum absolute atomic E-state index is 12.5. The molecule has 1 rings (SSSR count). The summed E-state index contributed by atoms with van der Waals surface area (Å²) in [5.74, 6) is 3.33. The molecule has 0 amide bonds. The minimum atomic E-state index is -4.65. The molecular weight excluding hydrogens is 249 g/mol. The van der Waals surface area contributed by atoms with Crippen LogP contribution in [-0.2, 0) is 15.7 Å². The van der Waals surface area contributed by atoms with Crippen molar-refractivity contribution >= 4 is 5.97 Å². The number of aromatic hydroxyl groups is 1. The summed E-state index contributed by atoms with van der Waals surface area (Å²) in [7, 11) is 1.19. The zero-order valence-corrected chi connectivity index (χ0v) is 9.34. The van der Waals surface area contributed by atoms with Gasteiger partial charge in [-0.25, -0.2) is 0 Å². The van der Waals surface area contributed by atoms with E-state index in [2.05, 4.69) is 16.6 Å². The van der Waals surface area contributed by atoms with Crippen molar-refractivity contribution in [3.05, 3.63) is 29.3 Å². The van der Waals surface area contributed by atoms with E-state index in [1.54, 1.807) is 0 Å². The Morgan fingerprint density at radius 3 is 2.67 bits per heavy atom. The molecule has 0 spiro atoms. The molecule has 0 aromatic heterocycles. The van der Waals surface area contributed by atoms with E-state index in [-0.39, 0.29) is 12.0 Å². The lowest BCUT2D eigenvalue weighted by atomic mass is 10.1. The molecule has 96 valence electrons. The van der Waals surface area contributed by atoms with Crippen molar-refractivity contribution in [2.24, 2.45) is 0 Å². The number of ether oxygens (including phenoxy) is 1. The Hall–Kier alpha value is -2.16. The van der Waals surface area contributed by atoms with Crippen LogP contribution in [0.25, 0.3) is 0 Å². The molecular formula is C12H9F3O3. The van der Waals surface area contributed by atoms with Gasteiger partial charge in [0.25, 0.3) is 0 Å². The van der Waals surface area contributed by atoms with Crippen LogP contribution in [0.5, 0.6) is 5.75 Å². The van der Waals surface area contributed by atoms with Crippen LogP contribution in [0.3, 0.4) is 0 Å². The van der Waals surface area contributed by atoms with Gasteiger partial charge in [0.2, 0.25) is 0 Å². The summed E-state index contributed by atoms with van der Waals surface area (Å²) in [5, 5.41) is 9.08. The predicted octanol–water partition coefficient (Wildman–Crippen LogP) is 2.33. The van der Waals surface area contributed by atoms with Gasteiger partial charge >= 0.3 is 12.1 Å². The number of carbonyl (C=O) groups is 1. The quantitative estimate of drug-likeness (QED) is 0.621. The fourth-order valence-electron chi connectivity index (χ4n) is 1.13. The lowest BCUT2D eigenvalue weighted by Crippen LogP contribution is -2.05. The van der Waals surface area contributed by atoms with Crippen LogP contribution < -0.4 is 0 Å². The smallest absolute Gasteiger partial charge is 0.419 e. The number of esters is 1. The molecule has 0 heterocycles. The Bertz CT molecular complexity index is 510. The first kappa shape index (κ1) is 13.9. The third kappa shape index (κ3) is 3.70. The number of hydrogen-bond acceptors (Lipinski definition) is 3. The zero-order valence-electron chi connectivity index (χ0n) is 9.34. The van der Waals surface area contributed by atoms with Crippen LogP contribution in [-0.4, -0.2) is 18.2 Å². The molecule has 0 fully saturated rings. The Morgan fingerprint density at radius 1 is 1.44 bits per heavy atom. The number of carbonyl (C=O) groups excluding carboxylic acids is 1. The Morgan fingerprint density at radius 2 is 2.11 bits per heavy atom. The number of rotatable bonds is 1. The van der Waals surface area contributed by atoms with E-state index in [0.717, 1.165) is 12.1 Å². The van der Waals surface area contributed by atoms with E-state index in [4.69, 9.17) is 5.11 Å². The molecule has 0 radical (unpaired) electrons. The molecule has 0 saturated carbocycles. The van der Waals surface area contributed by atoms with Gasteiger partial charge in [-0.3, -0.25) is 4.79 Å². The van der Waals surface area contributed by atoms with Crippen molar-refractivity contribution in [1.29, 1.82) is 0 Å². The summed E-state index contributed by atoms with van der Waals surface area (Å²) in [6.07, 6.45) is -4.86. The van der Waals surface area contributed by atoms with Gasteiger partial charge < -0.3 is 9.84 Å². The molecule has 0 unspecified atom stereocenters. The summed E-state index contributed by atoms with van der Waals surface area (Å²) < 4.78 is 41.7. The number of benzene rings is 1. The average Bonchev–Trinajstić information content (AvgIpc) is 2.29. The maximum Gasteiger partial charge on any atom is 0.419 e. The Labute approximate surface area is 101 Å². The second kappa shape index (κ2) is 5.45. The van der Waals surface area contributed by atoms with Crippen molar-refractivity contribution < 1.29 is 27.8 Å². The van der Waals surface area contributed by atoms with Gasteiger partial charge in [-0.05, 0) is 18.2 Å². The highest BCUT2D eigenvalue weighted by atomic mass is 19.4. The largest absolute Gasteiger partial charge is 0.507 e. The maximum atomic E-state index is 12.5. The highest BCUT2D eigenvalue weighted by Gasteiger charge is 2.33. The van der Waals surface area contributed by atoms with Gasteiger partial charge in [-0.15, -0.1) is 0 Å². The molecule has 1 aromatic rings. The van der Waals surface area contributed by atoms with Gasteiger partial charge in [-0.1, -0.05) is 11.8 Å². The molecule has 0 aliphatic carbocycles. The Balaban J connectivity index is 2.96. The van der Waals surface area contributed by atoms with E-state index in [0.29, 0.717) is 0 Å². The van der Waals surface area contributed by atoms with Crippen molar-refractivity contribution in [2.45, 2.75) is 12.6 Å². The normalized spacial score (nSPS) is 10.4. The fraction of sp³-hybridized carbons (Fsp3) is 0.250. The fourth-order valence-corrected chi connectivity index (χ4v) is 1.13. The number of halogens is 3. The molecule has 0 aliphatic heterocycles. The summed E-state index contributed by atoms with van der Waals surface area (Å²) in [5.41, 5.74) is -1.10. The molecule has 18 heavy (non-hydrogen) atoms. The summed E-state index contributed by atoms with van der Waals surface area (Å²) >= 11 is 0. The SMILES string of the molecule is COC(=O)CC#Cc1ccc(O)c(C(F)(F)F)c1. The minimum Gasteiger partial charge on any atom is -0.507 e. The first-order valence-electron chi connectivity index (χ1n) is 4.80. The molecule has 0 saturated heterocycles. The van der Waals surface area contributed by atoms with Crippen LogP contribution in [0.2, 0.25) is 0 Å². The summed E-state index contributed by atoms with van der Waals surface area (Å²) in [6.45, 7) is 0. The van der Waals surface area contributed by atoms with Gasteiger partial charge in [0.05, 0.1) is 12.7 Å². The van der Waals surface area contributed by atoms with Crippen LogP contribution >= 0.6 is 0 Å². The van der Waals surface area contributed by atoms with Crippen LogP contribution in [0.15, 0.2) is 18.2 Å². The standard InChI is InChI=1S/C12H9F3O3/c1-18-11(17)4-2-3-8-5-6-10(16)9(7-8)12(13,14)15/h5-7,16H,4H2,1H3. The monoisotopic (exact) mass is 258 g/mol. The molecule has 1 aromatic carbocycles. The van der Waals surface area contributed by atoms with Crippen molar-refractivity contribution in [1.82, 2.24) is 0 Å². The Kier molecular flexibility index (Phi) is 4.21. The van der Waals surface area contributed by atoms with Crippen LogP contribution in [0.4, 0.5) is 13.2 Å². The predicted molar refractivity (Wildman–Crippen MR) is 56.6 cm³/mol. The first-order chi connectivity index (χ1) is 8.34. The zero-order chi connectivity index (χ0) is 13.8. The van der Waals surface area contributed by atoms with Gasteiger partial charge in [0, 0.05) is 5.56 Å². The second-order valence-corrected chi connectivity index (χ2v) is 3.28. The molecule has 1 N–H and O–H groups in total. The van der Waals surface area contributed by atoms with Gasteiger partial charge in [-0.2, -0.15) is 13.2 Å². The van der Waals surface area contributed by atoms with Crippen molar-refractivity contribution in [3.63, 3.8) is 0 Å². The molecule has 3 nitrogen and oxygen atoms in total. The van der Waals surface area contributed by atoms with E-state index in [1.165, 1.54) is 13.2 Å². The highest BCUT2D eigenvalue weighted by molar-refractivity contribution is 5.72. The first-order valence-corrected chi connectivity index (χ1v) is 4.80. The van der Waals surface area contributed by atoms with Gasteiger partial charge in [0.15, 0.2) is 0 Å². The van der Waals surface area contributed by atoms with Gasteiger partial charge in [0.1, 0.15) is 12.2 Å². The summed E-state index contributed by atoms with van der Waals surface area (Å²) in [4.78, 5) is 10.7. The van der Waals surface area contributed by atoms with Crippen LogP contribution in [0.1, 0.15) is 17.5 Å². The van der Waals surface area contributed by atoms with Crippen molar-refractivity contribution in [3.8, 4) is 17.6 Å². The van der Waals surface area contributed by atoms with E-state index in [1.807, 2.05) is 0 Å². The van der Waals surface area contributed by atoms with Crippen LogP contribution in [0, 0.1) is 11.8 Å². The van der Waals surface area contributed by atoms with E-state index < -0.39 is 23.5 Å². The summed E-state index contributed by atoms with van der Waals surface area (Å²) in [6, 6.07) is 2.86.